The first-order valence-corrected chi connectivity index (χ1v) is 9.06. The van der Waals surface area contributed by atoms with Gasteiger partial charge >= 0.3 is 5.97 Å². The van der Waals surface area contributed by atoms with Gasteiger partial charge in [-0.3, -0.25) is 4.72 Å². The molecule has 21 heavy (non-hydrogen) atoms. The number of nitrogens with one attached hydrogen (secondary N) is 1. The van der Waals surface area contributed by atoms with E-state index in [4.69, 9.17) is 5.11 Å². The normalized spacial score (nSPS) is 11.3. The van der Waals surface area contributed by atoms with Crippen molar-refractivity contribution in [1.82, 2.24) is 0 Å². The zero-order valence-electron chi connectivity index (χ0n) is 11.0. The zero-order chi connectivity index (χ0) is 15.6. The minimum atomic E-state index is -3.71. The van der Waals surface area contributed by atoms with Crippen LogP contribution in [0.5, 0.6) is 0 Å². The van der Waals surface area contributed by atoms with E-state index in [2.05, 4.69) is 20.7 Å². The molecule has 0 saturated carbocycles. The summed E-state index contributed by atoms with van der Waals surface area (Å²) in [6, 6.07) is 7.50. The molecule has 2 rings (SSSR count). The SMILES string of the molecule is CCc1ccc(S(=O)(=O)Nc2cc(Br)cc(C(=O)O)c2)s1. The number of anilines is 1. The molecule has 0 aliphatic heterocycles. The minimum absolute atomic E-state index is 0.00232. The number of carbonyl (C=O) groups is 1. The summed E-state index contributed by atoms with van der Waals surface area (Å²) in [4.78, 5) is 12.0. The van der Waals surface area contributed by atoms with E-state index in [1.807, 2.05) is 6.92 Å². The molecule has 1 heterocycles. The topological polar surface area (TPSA) is 83.5 Å². The second-order valence-electron chi connectivity index (χ2n) is 4.21. The van der Waals surface area contributed by atoms with E-state index >= 15 is 0 Å². The van der Waals surface area contributed by atoms with Crippen LogP contribution < -0.4 is 4.72 Å². The van der Waals surface area contributed by atoms with Crippen molar-refractivity contribution >= 4 is 48.9 Å². The number of carboxylic acid groups (broad SMARTS) is 1. The second-order valence-corrected chi connectivity index (χ2v) is 8.21. The van der Waals surface area contributed by atoms with E-state index in [0.29, 0.717) is 4.47 Å². The molecule has 0 bridgehead atoms. The molecule has 0 aliphatic rings. The third kappa shape index (κ3) is 3.84. The van der Waals surface area contributed by atoms with Gasteiger partial charge in [0.05, 0.1) is 11.3 Å². The Labute approximate surface area is 134 Å². The van der Waals surface area contributed by atoms with E-state index in [-0.39, 0.29) is 15.5 Å². The first-order valence-electron chi connectivity index (χ1n) is 5.97. The Morgan fingerprint density at radius 1 is 1.33 bits per heavy atom. The van der Waals surface area contributed by atoms with Crippen LogP contribution in [0.3, 0.4) is 0 Å². The fourth-order valence-corrected chi connectivity index (χ4v) is 4.50. The Bertz CT molecular complexity index is 783. The van der Waals surface area contributed by atoms with E-state index in [1.54, 1.807) is 12.1 Å². The molecule has 0 fully saturated rings. The van der Waals surface area contributed by atoms with Crippen molar-refractivity contribution in [3.05, 3.63) is 45.2 Å². The highest BCUT2D eigenvalue weighted by atomic mass is 79.9. The molecule has 2 aromatic rings. The first kappa shape index (κ1) is 16.0. The number of halogens is 1. The molecular formula is C13H12BrNO4S2. The molecule has 0 aliphatic carbocycles. The zero-order valence-corrected chi connectivity index (χ0v) is 14.2. The standard InChI is InChI=1S/C13H12BrNO4S2/c1-2-11-3-4-12(20-11)21(18,19)15-10-6-8(13(16)17)5-9(14)7-10/h3-7,15H,2H2,1H3,(H,16,17). The summed E-state index contributed by atoms with van der Waals surface area (Å²) in [5.74, 6) is -1.12. The van der Waals surface area contributed by atoms with Gasteiger partial charge in [-0.15, -0.1) is 11.3 Å². The van der Waals surface area contributed by atoms with Crippen molar-refractivity contribution in [3.8, 4) is 0 Å². The lowest BCUT2D eigenvalue weighted by Crippen LogP contribution is -2.12. The summed E-state index contributed by atoms with van der Waals surface area (Å²) in [6.45, 7) is 1.95. The van der Waals surface area contributed by atoms with Gasteiger partial charge in [-0.05, 0) is 36.8 Å². The quantitative estimate of drug-likeness (QED) is 0.818. The number of hydrogen-bond donors (Lipinski definition) is 2. The second kappa shape index (κ2) is 6.17. The van der Waals surface area contributed by atoms with Gasteiger partial charge in [-0.2, -0.15) is 0 Å². The maximum absolute atomic E-state index is 12.3. The fraction of sp³-hybridized carbons (Fsp3) is 0.154. The van der Waals surface area contributed by atoms with Crippen LogP contribution in [-0.2, 0) is 16.4 Å². The molecule has 8 heteroatoms. The third-order valence-corrected chi connectivity index (χ3v) is 6.21. The number of benzene rings is 1. The number of sulfonamides is 1. The van der Waals surface area contributed by atoms with E-state index in [9.17, 15) is 13.2 Å². The Hall–Kier alpha value is -1.38. The molecule has 112 valence electrons. The van der Waals surface area contributed by atoms with Crippen molar-refractivity contribution in [2.45, 2.75) is 17.6 Å². The smallest absolute Gasteiger partial charge is 0.335 e. The summed E-state index contributed by atoms with van der Waals surface area (Å²) in [5, 5.41) is 8.99. The van der Waals surface area contributed by atoms with Crippen LogP contribution in [0.2, 0.25) is 0 Å². The summed E-state index contributed by atoms with van der Waals surface area (Å²) >= 11 is 4.36. The van der Waals surface area contributed by atoms with Crippen LogP contribution >= 0.6 is 27.3 Å². The van der Waals surface area contributed by atoms with Crippen LogP contribution in [0.25, 0.3) is 0 Å². The van der Waals surface area contributed by atoms with Gasteiger partial charge in [0.2, 0.25) is 0 Å². The number of carboxylic acids is 1. The molecule has 0 spiro atoms. The van der Waals surface area contributed by atoms with Gasteiger partial charge in [0, 0.05) is 9.35 Å². The summed E-state index contributed by atoms with van der Waals surface area (Å²) < 4.78 is 27.6. The number of rotatable bonds is 5. The number of hydrogen-bond acceptors (Lipinski definition) is 4. The van der Waals surface area contributed by atoms with E-state index in [1.165, 1.54) is 29.5 Å². The van der Waals surface area contributed by atoms with Crippen molar-refractivity contribution in [2.24, 2.45) is 0 Å². The van der Waals surface area contributed by atoms with Gasteiger partial charge in [0.25, 0.3) is 10.0 Å². The molecule has 0 unspecified atom stereocenters. The summed E-state index contributed by atoms with van der Waals surface area (Å²) in [5.41, 5.74) is 0.204. The predicted octanol–water partition coefficient (Wildman–Crippen LogP) is 3.57. The van der Waals surface area contributed by atoms with Gasteiger partial charge in [0.1, 0.15) is 4.21 Å². The maximum Gasteiger partial charge on any atom is 0.335 e. The fourth-order valence-electron chi connectivity index (χ4n) is 1.67. The highest BCUT2D eigenvalue weighted by Crippen LogP contribution is 2.26. The van der Waals surface area contributed by atoms with Crippen molar-refractivity contribution in [2.75, 3.05) is 4.72 Å². The molecule has 2 N–H and O–H groups in total. The molecule has 5 nitrogen and oxygen atoms in total. The van der Waals surface area contributed by atoms with Gasteiger partial charge in [0.15, 0.2) is 0 Å². The average molecular weight is 390 g/mol. The number of aryl methyl sites for hydroxylation is 1. The summed E-state index contributed by atoms with van der Waals surface area (Å²) in [7, 11) is -3.71. The van der Waals surface area contributed by atoms with Crippen molar-refractivity contribution in [3.63, 3.8) is 0 Å². The molecule has 0 atom stereocenters. The third-order valence-electron chi connectivity index (χ3n) is 2.65. The van der Waals surface area contributed by atoms with Crippen LogP contribution in [0.1, 0.15) is 22.2 Å². The molecule has 0 radical (unpaired) electrons. The Morgan fingerprint density at radius 3 is 2.62 bits per heavy atom. The monoisotopic (exact) mass is 389 g/mol. The van der Waals surface area contributed by atoms with Gasteiger partial charge < -0.3 is 5.11 Å². The first-order chi connectivity index (χ1) is 9.81. The Balaban J connectivity index is 2.34. The van der Waals surface area contributed by atoms with Crippen LogP contribution in [-0.4, -0.2) is 19.5 Å². The van der Waals surface area contributed by atoms with Gasteiger partial charge in [-0.1, -0.05) is 22.9 Å². The van der Waals surface area contributed by atoms with Crippen LogP contribution in [0.15, 0.2) is 39.0 Å². The average Bonchev–Trinajstić information content (AvgIpc) is 2.86. The highest BCUT2D eigenvalue weighted by molar-refractivity contribution is 9.10. The van der Waals surface area contributed by atoms with Crippen LogP contribution in [0, 0.1) is 0 Å². The lowest BCUT2D eigenvalue weighted by atomic mass is 10.2. The predicted molar refractivity (Wildman–Crippen MR) is 85.6 cm³/mol. The van der Waals surface area contributed by atoms with Crippen molar-refractivity contribution in [1.29, 1.82) is 0 Å². The molecular weight excluding hydrogens is 378 g/mol. The van der Waals surface area contributed by atoms with Crippen LogP contribution in [0.4, 0.5) is 5.69 Å². The molecule has 0 saturated heterocycles. The Morgan fingerprint density at radius 2 is 2.05 bits per heavy atom. The van der Waals surface area contributed by atoms with Crippen molar-refractivity contribution < 1.29 is 18.3 Å². The Kier molecular flexibility index (Phi) is 4.70. The highest BCUT2D eigenvalue weighted by Gasteiger charge is 2.18. The lowest BCUT2D eigenvalue weighted by molar-refractivity contribution is 0.0697. The number of aromatic carboxylic acids is 1. The summed E-state index contributed by atoms with van der Waals surface area (Å²) in [6.07, 6.45) is 0.764. The molecule has 1 aromatic heterocycles. The lowest BCUT2D eigenvalue weighted by Gasteiger charge is -2.08. The maximum atomic E-state index is 12.3. The minimum Gasteiger partial charge on any atom is -0.478 e. The van der Waals surface area contributed by atoms with E-state index in [0.717, 1.165) is 11.3 Å². The van der Waals surface area contributed by atoms with Gasteiger partial charge in [-0.25, -0.2) is 13.2 Å². The molecule has 1 aromatic carbocycles. The molecule has 0 amide bonds. The number of thiophene rings is 1. The van der Waals surface area contributed by atoms with E-state index < -0.39 is 16.0 Å². The largest absolute Gasteiger partial charge is 0.478 e.